The molecule has 2 aromatic heterocycles. The number of hydrogen-bond acceptors (Lipinski definition) is 6. The molecule has 0 aliphatic carbocycles. The predicted molar refractivity (Wildman–Crippen MR) is 104 cm³/mol. The van der Waals surface area contributed by atoms with Crippen molar-refractivity contribution in [2.75, 3.05) is 13.7 Å². The quantitative estimate of drug-likeness (QED) is 0.665. The minimum atomic E-state index is -0.477. The summed E-state index contributed by atoms with van der Waals surface area (Å²) in [6, 6.07) is 7.07. The summed E-state index contributed by atoms with van der Waals surface area (Å²) < 4.78 is 13.8. The van der Waals surface area contributed by atoms with E-state index in [0.29, 0.717) is 40.6 Å². The molecular formula is C19H21N5O4. The van der Waals surface area contributed by atoms with Gasteiger partial charge in [0, 0.05) is 19.2 Å². The molecule has 0 saturated heterocycles. The Kier molecular flexibility index (Phi) is 5.49. The van der Waals surface area contributed by atoms with Crippen LogP contribution in [0.25, 0.3) is 22.6 Å². The summed E-state index contributed by atoms with van der Waals surface area (Å²) in [5.41, 5.74) is 0.426. The number of rotatable bonds is 7. The van der Waals surface area contributed by atoms with E-state index in [1.54, 1.807) is 29.8 Å². The van der Waals surface area contributed by atoms with Gasteiger partial charge in [-0.2, -0.15) is 5.26 Å². The fraction of sp³-hybridized carbons (Fsp3) is 0.368. The summed E-state index contributed by atoms with van der Waals surface area (Å²) in [4.78, 5) is 31.6. The van der Waals surface area contributed by atoms with E-state index in [-0.39, 0.29) is 6.61 Å². The maximum Gasteiger partial charge on any atom is 0.330 e. The number of imidazole rings is 1. The number of aromatic nitrogens is 4. The van der Waals surface area contributed by atoms with E-state index in [1.807, 2.05) is 13.0 Å². The first kappa shape index (κ1) is 19.2. The van der Waals surface area contributed by atoms with Crippen molar-refractivity contribution in [3.05, 3.63) is 39.0 Å². The second kappa shape index (κ2) is 8.00. The minimum Gasteiger partial charge on any atom is -0.493 e. The lowest BCUT2D eigenvalue weighted by atomic mass is 10.2. The van der Waals surface area contributed by atoms with Crippen LogP contribution in [0, 0.1) is 11.3 Å². The third kappa shape index (κ3) is 3.36. The first-order valence-electron chi connectivity index (χ1n) is 8.89. The van der Waals surface area contributed by atoms with Crippen molar-refractivity contribution in [1.29, 1.82) is 5.26 Å². The molecule has 1 aromatic carbocycles. The summed E-state index contributed by atoms with van der Waals surface area (Å²) in [6.45, 7) is 2.41. The number of H-pyrrole nitrogens is 1. The molecule has 0 aliphatic rings. The highest BCUT2D eigenvalue weighted by molar-refractivity contribution is 5.77. The zero-order chi connectivity index (χ0) is 20.3. The largest absolute Gasteiger partial charge is 0.493 e. The fourth-order valence-corrected chi connectivity index (χ4v) is 3.06. The molecule has 0 saturated carbocycles. The monoisotopic (exact) mass is 383 g/mol. The number of methoxy groups -OCH3 is 1. The number of hydrogen-bond donors (Lipinski definition) is 1. The van der Waals surface area contributed by atoms with Crippen LogP contribution in [0.1, 0.15) is 19.8 Å². The van der Waals surface area contributed by atoms with Crippen LogP contribution < -0.4 is 20.7 Å². The molecule has 2 heterocycles. The smallest absolute Gasteiger partial charge is 0.330 e. The topological polar surface area (TPSA) is 115 Å². The summed E-state index contributed by atoms with van der Waals surface area (Å²) in [7, 11) is 3.22. The number of benzene rings is 1. The molecule has 9 nitrogen and oxygen atoms in total. The lowest BCUT2D eigenvalue weighted by molar-refractivity contribution is 0.330. The van der Waals surface area contributed by atoms with Gasteiger partial charge in [0.2, 0.25) is 0 Å². The van der Waals surface area contributed by atoms with Crippen LogP contribution in [0.2, 0.25) is 0 Å². The van der Waals surface area contributed by atoms with Crippen LogP contribution in [-0.4, -0.2) is 32.8 Å². The Morgan fingerprint density at radius 1 is 1.29 bits per heavy atom. The molecule has 0 aliphatic heterocycles. The zero-order valence-corrected chi connectivity index (χ0v) is 16.0. The molecule has 146 valence electrons. The molecule has 0 bridgehead atoms. The summed E-state index contributed by atoms with van der Waals surface area (Å²) in [6.07, 6.45) is 1.71. The lowest BCUT2D eigenvalue weighted by Gasteiger charge is -2.10. The molecular weight excluding hydrogens is 362 g/mol. The van der Waals surface area contributed by atoms with E-state index in [1.165, 1.54) is 11.7 Å². The lowest BCUT2D eigenvalue weighted by Crippen LogP contribution is -2.31. The third-order valence-corrected chi connectivity index (χ3v) is 4.46. The van der Waals surface area contributed by atoms with Gasteiger partial charge in [-0.1, -0.05) is 13.3 Å². The fourth-order valence-electron chi connectivity index (χ4n) is 3.06. The van der Waals surface area contributed by atoms with Gasteiger partial charge in [0.15, 0.2) is 29.3 Å². The van der Waals surface area contributed by atoms with Gasteiger partial charge < -0.3 is 14.0 Å². The van der Waals surface area contributed by atoms with Crippen molar-refractivity contribution in [3.8, 4) is 29.0 Å². The Labute approximate surface area is 160 Å². The number of aromatic amines is 1. The van der Waals surface area contributed by atoms with Gasteiger partial charge in [0.25, 0.3) is 5.56 Å². The molecule has 0 fully saturated rings. The van der Waals surface area contributed by atoms with E-state index in [2.05, 4.69) is 9.97 Å². The number of nitrogens with one attached hydrogen (secondary N) is 1. The molecule has 9 heteroatoms. The van der Waals surface area contributed by atoms with Gasteiger partial charge >= 0.3 is 5.69 Å². The number of unbranched alkanes of at least 4 members (excludes halogenated alkanes) is 1. The second-order valence-corrected chi connectivity index (χ2v) is 6.24. The van der Waals surface area contributed by atoms with Crippen molar-refractivity contribution < 1.29 is 9.47 Å². The normalized spacial score (nSPS) is 10.8. The van der Waals surface area contributed by atoms with Gasteiger partial charge in [-0.15, -0.1) is 0 Å². The van der Waals surface area contributed by atoms with Crippen LogP contribution in [0.5, 0.6) is 11.5 Å². The molecule has 0 radical (unpaired) electrons. The molecule has 0 atom stereocenters. The predicted octanol–water partition coefficient (Wildman–Crippen LogP) is 1.80. The van der Waals surface area contributed by atoms with Gasteiger partial charge in [0.1, 0.15) is 11.9 Å². The van der Waals surface area contributed by atoms with Crippen LogP contribution in [0.4, 0.5) is 0 Å². The maximum atomic E-state index is 12.4. The van der Waals surface area contributed by atoms with E-state index in [4.69, 9.17) is 14.7 Å². The van der Waals surface area contributed by atoms with Crippen molar-refractivity contribution in [2.45, 2.75) is 26.3 Å². The van der Waals surface area contributed by atoms with Crippen LogP contribution in [0.15, 0.2) is 27.8 Å². The standard InChI is InChI=1S/C19H21N5O4/c1-4-5-9-24-17-15(18(25)22-19(24)26)23(2)16(21-17)12-6-7-13(28-10-8-20)14(11-12)27-3/h6-7,11H,4-5,9-10H2,1-3H3,(H,22,25,26). The van der Waals surface area contributed by atoms with E-state index >= 15 is 0 Å². The summed E-state index contributed by atoms with van der Waals surface area (Å²) in [5.74, 6) is 1.39. The van der Waals surface area contributed by atoms with E-state index < -0.39 is 11.2 Å². The molecule has 3 rings (SSSR count). The SMILES string of the molecule is CCCCn1c(=O)[nH]c(=O)c2c1nc(-c1ccc(OCC#N)c(OC)c1)n2C. The van der Waals surface area contributed by atoms with Crippen molar-refractivity contribution in [1.82, 2.24) is 19.1 Å². The number of fused-ring (bicyclic) bond motifs is 1. The maximum absolute atomic E-state index is 12.4. The Morgan fingerprint density at radius 3 is 2.75 bits per heavy atom. The third-order valence-electron chi connectivity index (χ3n) is 4.46. The summed E-state index contributed by atoms with van der Waals surface area (Å²) in [5, 5.41) is 8.69. The van der Waals surface area contributed by atoms with Gasteiger partial charge in [-0.25, -0.2) is 9.78 Å². The molecule has 1 N–H and O–H groups in total. The van der Waals surface area contributed by atoms with Crippen LogP contribution >= 0.6 is 0 Å². The highest BCUT2D eigenvalue weighted by Crippen LogP contribution is 2.32. The number of nitriles is 1. The molecule has 0 spiro atoms. The van der Waals surface area contributed by atoms with Crippen molar-refractivity contribution in [2.24, 2.45) is 7.05 Å². The highest BCUT2D eigenvalue weighted by Gasteiger charge is 2.18. The molecule has 28 heavy (non-hydrogen) atoms. The van der Waals surface area contributed by atoms with Crippen molar-refractivity contribution >= 4 is 11.2 Å². The molecule has 0 amide bonds. The Morgan fingerprint density at radius 2 is 2.07 bits per heavy atom. The first-order valence-corrected chi connectivity index (χ1v) is 8.89. The Balaban J connectivity index is 2.18. The average molecular weight is 383 g/mol. The number of nitrogens with zero attached hydrogens (tertiary/aromatic N) is 4. The number of ether oxygens (including phenoxy) is 2. The molecule has 0 unspecified atom stereocenters. The number of aryl methyl sites for hydroxylation is 2. The van der Waals surface area contributed by atoms with Gasteiger partial charge in [-0.05, 0) is 24.6 Å². The average Bonchev–Trinajstić information content (AvgIpc) is 3.03. The van der Waals surface area contributed by atoms with Gasteiger partial charge in [0.05, 0.1) is 7.11 Å². The second-order valence-electron chi connectivity index (χ2n) is 6.24. The minimum absolute atomic E-state index is 0.0962. The van der Waals surface area contributed by atoms with Crippen LogP contribution in [-0.2, 0) is 13.6 Å². The van der Waals surface area contributed by atoms with Crippen molar-refractivity contribution in [3.63, 3.8) is 0 Å². The van der Waals surface area contributed by atoms with E-state index in [0.717, 1.165) is 12.8 Å². The zero-order valence-electron chi connectivity index (χ0n) is 16.0. The molecule has 3 aromatic rings. The van der Waals surface area contributed by atoms with E-state index in [9.17, 15) is 9.59 Å². The van der Waals surface area contributed by atoms with Crippen LogP contribution in [0.3, 0.4) is 0 Å². The Bertz CT molecular complexity index is 1170. The highest BCUT2D eigenvalue weighted by atomic mass is 16.5. The Hall–Kier alpha value is -3.54. The first-order chi connectivity index (χ1) is 13.5. The van der Waals surface area contributed by atoms with Gasteiger partial charge in [-0.3, -0.25) is 14.3 Å². The summed E-state index contributed by atoms with van der Waals surface area (Å²) >= 11 is 0.